The molecule has 6 nitrogen and oxygen atoms in total. The lowest BCUT2D eigenvalue weighted by Gasteiger charge is -2.36. The molecule has 0 spiro atoms. The van der Waals surface area contributed by atoms with Crippen molar-refractivity contribution in [2.45, 2.75) is 13.0 Å². The number of rotatable bonds is 4. The number of aromatic nitrogens is 1. The van der Waals surface area contributed by atoms with Gasteiger partial charge in [0, 0.05) is 31.9 Å². The Bertz CT molecular complexity index is 870. The Balaban J connectivity index is 1.66. The maximum absolute atomic E-state index is 14.2. The lowest BCUT2D eigenvalue weighted by Crippen LogP contribution is -2.54. The summed E-state index contributed by atoms with van der Waals surface area (Å²) in [4.78, 5) is 31.2. The lowest BCUT2D eigenvalue weighted by molar-refractivity contribution is -0.144. The molecule has 140 valence electrons. The van der Waals surface area contributed by atoms with Crippen LogP contribution in [0.5, 0.6) is 11.5 Å². The van der Waals surface area contributed by atoms with Gasteiger partial charge in [0.2, 0.25) is 11.8 Å². The summed E-state index contributed by atoms with van der Waals surface area (Å²) >= 11 is 0. The normalized spacial score (nSPS) is 17.4. The van der Waals surface area contributed by atoms with E-state index in [1.807, 2.05) is 6.92 Å². The van der Waals surface area contributed by atoms with Gasteiger partial charge >= 0.3 is 0 Å². The number of hydrogen-bond acceptors (Lipinski definition) is 4. The second-order valence-corrected chi connectivity index (χ2v) is 6.39. The van der Waals surface area contributed by atoms with Gasteiger partial charge in [0.25, 0.3) is 0 Å². The standard InChI is InChI=1S/C20H20FN3O3/c1-14-12-24(13-20(26)23(14)2)19(25)8-6-15-5-7-18(17(21)10-15)27-16-4-3-9-22-11-16/h3-11,14H,12-13H2,1-2H3/b8-6+. The van der Waals surface area contributed by atoms with Gasteiger partial charge in [-0.25, -0.2) is 4.39 Å². The number of nitrogens with zero attached hydrogens (tertiary/aromatic N) is 3. The molecule has 0 N–H and O–H groups in total. The first-order valence-corrected chi connectivity index (χ1v) is 8.54. The summed E-state index contributed by atoms with van der Waals surface area (Å²) in [6, 6.07) is 7.76. The Hall–Kier alpha value is -3.22. The van der Waals surface area contributed by atoms with Crippen LogP contribution in [-0.4, -0.2) is 52.8 Å². The SMILES string of the molecule is CC1CN(C(=O)/C=C/c2ccc(Oc3cccnc3)c(F)c2)CC(=O)N1C. The number of amides is 2. The van der Waals surface area contributed by atoms with E-state index in [0.29, 0.717) is 17.9 Å². The first-order chi connectivity index (χ1) is 12.9. The highest BCUT2D eigenvalue weighted by Crippen LogP contribution is 2.25. The number of benzene rings is 1. The molecule has 0 bridgehead atoms. The number of carbonyl (C=O) groups excluding carboxylic acids is 2. The van der Waals surface area contributed by atoms with Gasteiger partial charge in [0.05, 0.1) is 6.20 Å². The number of halogens is 1. The minimum absolute atomic E-state index is 0.0371. The predicted molar refractivity (Wildman–Crippen MR) is 98.6 cm³/mol. The summed E-state index contributed by atoms with van der Waals surface area (Å²) in [5.41, 5.74) is 0.521. The van der Waals surface area contributed by atoms with Gasteiger partial charge in [-0.05, 0) is 42.8 Å². The second-order valence-electron chi connectivity index (χ2n) is 6.39. The molecule has 3 rings (SSSR count). The summed E-state index contributed by atoms with van der Waals surface area (Å²) < 4.78 is 19.7. The van der Waals surface area contributed by atoms with E-state index in [2.05, 4.69) is 4.98 Å². The zero-order valence-corrected chi connectivity index (χ0v) is 15.1. The monoisotopic (exact) mass is 369 g/mol. The van der Waals surface area contributed by atoms with E-state index in [4.69, 9.17) is 4.74 Å². The molecule has 1 unspecified atom stereocenters. The molecular weight excluding hydrogens is 349 g/mol. The Morgan fingerprint density at radius 1 is 1.37 bits per heavy atom. The molecule has 0 aliphatic carbocycles. The molecule has 27 heavy (non-hydrogen) atoms. The number of piperazine rings is 1. The average Bonchev–Trinajstić information content (AvgIpc) is 2.66. The topological polar surface area (TPSA) is 62.7 Å². The highest BCUT2D eigenvalue weighted by Gasteiger charge is 2.28. The van der Waals surface area contributed by atoms with Gasteiger partial charge in [-0.3, -0.25) is 14.6 Å². The fourth-order valence-electron chi connectivity index (χ4n) is 2.71. The van der Waals surface area contributed by atoms with Crippen LogP contribution in [0.4, 0.5) is 4.39 Å². The minimum Gasteiger partial charge on any atom is -0.453 e. The second kappa shape index (κ2) is 7.99. The number of ether oxygens (including phenoxy) is 1. The molecule has 2 amide bonds. The molecule has 2 aromatic rings. The van der Waals surface area contributed by atoms with E-state index in [1.165, 1.54) is 35.4 Å². The Morgan fingerprint density at radius 3 is 2.85 bits per heavy atom. The number of hydrogen-bond donors (Lipinski definition) is 0. The van der Waals surface area contributed by atoms with Crippen LogP contribution in [-0.2, 0) is 9.59 Å². The quantitative estimate of drug-likeness (QED) is 0.778. The van der Waals surface area contributed by atoms with Crippen LogP contribution < -0.4 is 4.74 Å². The summed E-state index contributed by atoms with van der Waals surface area (Å²) in [6.07, 6.45) is 5.96. The molecule has 2 heterocycles. The van der Waals surface area contributed by atoms with Gasteiger partial charge in [-0.2, -0.15) is 0 Å². The summed E-state index contributed by atoms with van der Waals surface area (Å²) in [5.74, 6) is -0.414. The third-order valence-electron chi connectivity index (χ3n) is 4.41. The maximum atomic E-state index is 14.2. The minimum atomic E-state index is -0.545. The van der Waals surface area contributed by atoms with E-state index in [-0.39, 0.29) is 30.2 Å². The van der Waals surface area contributed by atoms with Gasteiger partial charge < -0.3 is 14.5 Å². The molecule has 1 aromatic carbocycles. The number of likely N-dealkylation sites (N-methyl/N-ethyl adjacent to an activating group) is 1. The van der Waals surface area contributed by atoms with Crippen LogP contribution in [0.25, 0.3) is 6.08 Å². The number of pyridine rings is 1. The molecular formula is C20H20FN3O3. The van der Waals surface area contributed by atoms with E-state index in [0.717, 1.165) is 0 Å². The van der Waals surface area contributed by atoms with Crippen LogP contribution in [0.1, 0.15) is 12.5 Å². The molecule has 1 aromatic heterocycles. The fraction of sp³-hybridized carbons (Fsp3) is 0.250. The van der Waals surface area contributed by atoms with Crippen LogP contribution in [0.3, 0.4) is 0 Å². The van der Waals surface area contributed by atoms with Crippen molar-refractivity contribution in [3.63, 3.8) is 0 Å². The molecule has 1 aliphatic heterocycles. The van der Waals surface area contributed by atoms with Crippen LogP contribution in [0.2, 0.25) is 0 Å². The van der Waals surface area contributed by atoms with Crippen molar-refractivity contribution in [1.29, 1.82) is 0 Å². The van der Waals surface area contributed by atoms with Gasteiger partial charge in [0.15, 0.2) is 11.6 Å². The van der Waals surface area contributed by atoms with Gasteiger partial charge in [0.1, 0.15) is 12.3 Å². The van der Waals surface area contributed by atoms with Crippen LogP contribution >= 0.6 is 0 Å². The van der Waals surface area contributed by atoms with Gasteiger partial charge in [-0.1, -0.05) is 6.07 Å². The molecule has 1 saturated heterocycles. The highest BCUT2D eigenvalue weighted by molar-refractivity contribution is 5.95. The van der Waals surface area contributed by atoms with Crippen LogP contribution in [0, 0.1) is 5.82 Å². The third kappa shape index (κ3) is 4.49. The zero-order chi connectivity index (χ0) is 19.4. The van der Waals surface area contributed by atoms with E-state index in [9.17, 15) is 14.0 Å². The first-order valence-electron chi connectivity index (χ1n) is 8.54. The van der Waals surface area contributed by atoms with E-state index < -0.39 is 5.82 Å². The Kier molecular flexibility index (Phi) is 5.49. The van der Waals surface area contributed by atoms with Crippen molar-refractivity contribution < 1.29 is 18.7 Å². The highest BCUT2D eigenvalue weighted by atomic mass is 19.1. The molecule has 1 atom stereocenters. The predicted octanol–water partition coefficient (Wildman–Crippen LogP) is 2.72. The summed E-state index contributed by atoms with van der Waals surface area (Å²) in [6.45, 7) is 2.41. The third-order valence-corrected chi connectivity index (χ3v) is 4.41. The average molecular weight is 369 g/mol. The first kappa shape index (κ1) is 18.6. The van der Waals surface area contributed by atoms with Crippen molar-refractivity contribution in [1.82, 2.24) is 14.8 Å². The van der Waals surface area contributed by atoms with Crippen molar-refractivity contribution >= 4 is 17.9 Å². The Labute approximate surface area is 156 Å². The zero-order valence-electron chi connectivity index (χ0n) is 15.1. The summed E-state index contributed by atoms with van der Waals surface area (Å²) in [5, 5.41) is 0. The number of carbonyl (C=O) groups is 2. The molecule has 7 heteroatoms. The van der Waals surface area contributed by atoms with E-state index in [1.54, 1.807) is 36.3 Å². The van der Waals surface area contributed by atoms with Crippen molar-refractivity contribution in [2.24, 2.45) is 0 Å². The Morgan fingerprint density at radius 2 is 2.19 bits per heavy atom. The van der Waals surface area contributed by atoms with Crippen molar-refractivity contribution in [2.75, 3.05) is 20.1 Å². The smallest absolute Gasteiger partial charge is 0.247 e. The lowest BCUT2D eigenvalue weighted by atomic mass is 10.1. The maximum Gasteiger partial charge on any atom is 0.247 e. The molecule has 1 aliphatic rings. The molecule has 0 saturated carbocycles. The van der Waals surface area contributed by atoms with Gasteiger partial charge in [-0.15, -0.1) is 0 Å². The van der Waals surface area contributed by atoms with E-state index >= 15 is 0 Å². The summed E-state index contributed by atoms with van der Waals surface area (Å²) in [7, 11) is 1.72. The van der Waals surface area contributed by atoms with Crippen molar-refractivity contribution in [3.8, 4) is 11.5 Å². The molecule has 1 fully saturated rings. The van der Waals surface area contributed by atoms with Crippen LogP contribution in [0.15, 0.2) is 48.8 Å². The largest absolute Gasteiger partial charge is 0.453 e. The van der Waals surface area contributed by atoms with Crippen molar-refractivity contribution in [3.05, 3.63) is 60.2 Å². The molecule has 0 radical (unpaired) electrons. The fourth-order valence-corrected chi connectivity index (χ4v) is 2.71.